The molecule has 1 spiro atoms. The highest BCUT2D eigenvalue weighted by molar-refractivity contribution is 5.86. The molecule has 3 heterocycles. The number of hydrogen-bond donors (Lipinski definition) is 2. The Morgan fingerprint density at radius 3 is 2.83 bits per heavy atom. The molecule has 2 aromatic carbocycles. The zero-order valence-corrected chi connectivity index (χ0v) is 17.2. The van der Waals surface area contributed by atoms with E-state index >= 15 is 0 Å². The van der Waals surface area contributed by atoms with Crippen LogP contribution in [0.4, 0.5) is 0 Å². The van der Waals surface area contributed by atoms with Gasteiger partial charge in [-0.2, -0.15) is 0 Å². The molecule has 0 radical (unpaired) electrons. The molecule has 1 aromatic heterocycles. The lowest BCUT2D eigenvalue weighted by Crippen LogP contribution is -2.49. The Morgan fingerprint density at radius 1 is 1.14 bits per heavy atom. The van der Waals surface area contributed by atoms with Crippen molar-refractivity contribution >= 4 is 10.9 Å². The van der Waals surface area contributed by atoms with Crippen LogP contribution in [0.3, 0.4) is 0 Å². The fourth-order valence-electron chi connectivity index (χ4n) is 5.06. The number of aromatic amines is 1. The Labute approximate surface area is 172 Å². The summed E-state index contributed by atoms with van der Waals surface area (Å²) in [5.41, 5.74) is 4.03. The van der Waals surface area contributed by atoms with E-state index in [0.29, 0.717) is 0 Å². The summed E-state index contributed by atoms with van der Waals surface area (Å²) in [4.78, 5) is 6.27. The van der Waals surface area contributed by atoms with Crippen LogP contribution in [-0.2, 0) is 12.0 Å². The second kappa shape index (κ2) is 7.39. The number of ether oxygens (including phenoxy) is 2. The van der Waals surface area contributed by atoms with Crippen molar-refractivity contribution in [3.8, 4) is 11.5 Å². The maximum Gasteiger partial charge on any atom is 0.119 e. The number of para-hydroxylation sites is 1. The zero-order valence-electron chi connectivity index (χ0n) is 17.2. The summed E-state index contributed by atoms with van der Waals surface area (Å²) in [6, 6.07) is 16.5. The minimum Gasteiger partial charge on any atom is -0.497 e. The normalized spacial score (nSPS) is 22.7. The van der Waals surface area contributed by atoms with Gasteiger partial charge in [0.1, 0.15) is 17.6 Å². The summed E-state index contributed by atoms with van der Waals surface area (Å²) >= 11 is 0. The van der Waals surface area contributed by atoms with Crippen LogP contribution in [0.15, 0.2) is 48.5 Å². The molecule has 0 bridgehead atoms. The summed E-state index contributed by atoms with van der Waals surface area (Å²) in [5, 5.41) is 5.15. The van der Waals surface area contributed by atoms with Gasteiger partial charge in [0.05, 0.1) is 12.6 Å². The molecule has 0 aliphatic carbocycles. The minimum absolute atomic E-state index is 0.00626. The SMILES string of the molecule is COc1ccc2[nH]c3c(c2c1)CCNC31CCN(CC(C)Oc2ccccc2)C1. The largest absolute Gasteiger partial charge is 0.497 e. The Balaban J connectivity index is 1.35. The number of nitrogens with zero attached hydrogens (tertiary/aromatic N) is 1. The lowest BCUT2D eigenvalue weighted by Gasteiger charge is -2.35. The third-order valence-electron chi connectivity index (χ3n) is 6.37. The number of nitrogens with one attached hydrogen (secondary N) is 2. The van der Waals surface area contributed by atoms with Gasteiger partial charge in [-0.25, -0.2) is 0 Å². The van der Waals surface area contributed by atoms with Crippen LogP contribution < -0.4 is 14.8 Å². The number of fused-ring (bicyclic) bond motifs is 4. The van der Waals surface area contributed by atoms with Gasteiger partial charge in [0.25, 0.3) is 0 Å². The Bertz CT molecular complexity index is 1000. The summed E-state index contributed by atoms with van der Waals surface area (Å²) < 4.78 is 11.6. The fraction of sp³-hybridized carbons (Fsp3) is 0.417. The molecule has 152 valence electrons. The van der Waals surface area contributed by atoms with Crippen LogP contribution in [-0.4, -0.2) is 49.3 Å². The molecule has 0 saturated carbocycles. The number of aromatic nitrogens is 1. The molecule has 2 aliphatic rings. The molecule has 5 rings (SSSR count). The van der Waals surface area contributed by atoms with Gasteiger partial charge < -0.3 is 19.8 Å². The molecule has 5 nitrogen and oxygen atoms in total. The molecular weight excluding hydrogens is 362 g/mol. The predicted octanol–water partition coefficient (Wildman–Crippen LogP) is 3.69. The smallest absolute Gasteiger partial charge is 0.119 e. The van der Waals surface area contributed by atoms with Crippen LogP contribution in [0.1, 0.15) is 24.6 Å². The van der Waals surface area contributed by atoms with Crippen molar-refractivity contribution < 1.29 is 9.47 Å². The molecule has 29 heavy (non-hydrogen) atoms. The topological polar surface area (TPSA) is 49.5 Å². The molecule has 0 amide bonds. The summed E-state index contributed by atoms with van der Waals surface area (Å²) in [5.74, 6) is 1.86. The summed E-state index contributed by atoms with van der Waals surface area (Å²) in [6.45, 7) is 6.19. The number of H-pyrrole nitrogens is 1. The summed E-state index contributed by atoms with van der Waals surface area (Å²) in [7, 11) is 1.73. The highest BCUT2D eigenvalue weighted by Gasteiger charge is 2.44. The number of rotatable bonds is 5. The molecule has 2 unspecified atom stereocenters. The lowest BCUT2D eigenvalue weighted by atomic mass is 9.86. The van der Waals surface area contributed by atoms with Gasteiger partial charge in [0, 0.05) is 42.8 Å². The van der Waals surface area contributed by atoms with Gasteiger partial charge in [-0.15, -0.1) is 0 Å². The van der Waals surface area contributed by atoms with E-state index < -0.39 is 0 Å². The Kier molecular flexibility index (Phi) is 4.72. The monoisotopic (exact) mass is 391 g/mol. The first-order valence-corrected chi connectivity index (χ1v) is 10.5. The number of hydrogen-bond acceptors (Lipinski definition) is 4. The lowest BCUT2D eigenvalue weighted by molar-refractivity contribution is 0.153. The first kappa shape index (κ1) is 18.5. The van der Waals surface area contributed by atoms with Crippen molar-refractivity contribution in [3.05, 3.63) is 59.8 Å². The van der Waals surface area contributed by atoms with E-state index in [2.05, 4.69) is 34.3 Å². The van der Waals surface area contributed by atoms with E-state index in [-0.39, 0.29) is 11.6 Å². The molecule has 2 N–H and O–H groups in total. The van der Waals surface area contributed by atoms with E-state index in [1.807, 2.05) is 36.4 Å². The first-order chi connectivity index (χ1) is 14.2. The molecule has 1 saturated heterocycles. The van der Waals surface area contributed by atoms with Gasteiger partial charge in [-0.05, 0) is 55.7 Å². The highest BCUT2D eigenvalue weighted by Crippen LogP contribution is 2.40. The number of benzene rings is 2. The van der Waals surface area contributed by atoms with Crippen LogP contribution in [0, 0.1) is 0 Å². The van der Waals surface area contributed by atoms with Crippen molar-refractivity contribution in [1.82, 2.24) is 15.2 Å². The van der Waals surface area contributed by atoms with E-state index in [4.69, 9.17) is 9.47 Å². The average molecular weight is 392 g/mol. The van der Waals surface area contributed by atoms with E-state index in [0.717, 1.165) is 50.5 Å². The highest BCUT2D eigenvalue weighted by atomic mass is 16.5. The first-order valence-electron chi connectivity index (χ1n) is 10.5. The van der Waals surface area contributed by atoms with Crippen LogP contribution in [0.2, 0.25) is 0 Å². The van der Waals surface area contributed by atoms with Crippen LogP contribution >= 0.6 is 0 Å². The van der Waals surface area contributed by atoms with E-state index in [1.54, 1.807) is 7.11 Å². The van der Waals surface area contributed by atoms with Gasteiger partial charge in [-0.1, -0.05) is 18.2 Å². The molecule has 2 aliphatic heterocycles. The summed E-state index contributed by atoms with van der Waals surface area (Å²) in [6.07, 6.45) is 2.32. The number of likely N-dealkylation sites (tertiary alicyclic amines) is 1. The second-order valence-electron chi connectivity index (χ2n) is 8.38. The Hall–Kier alpha value is -2.50. The zero-order chi connectivity index (χ0) is 19.8. The molecule has 3 aromatic rings. The third kappa shape index (κ3) is 3.38. The van der Waals surface area contributed by atoms with Crippen molar-refractivity contribution in [2.75, 3.05) is 33.3 Å². The van der Waals surface area contributed by atoms with Crippen LogP contribution in [0.25, 0.3) is 10.9 Å². The van der Waals surface area contributed by atoms with Gasteiger partial charge in [0.2, 0.25) is 0 Å². The third-order valence-corrected chi connectivity index (χ3v) is 6.37. The quantitative estimate of drug-likeness (QED) is 0.696. The van der Waals surface area contributed by atoms with Crippen molar-refractivity contribution in [1.29, 1.82) is 0 Å². The molecule has 2 atom stereocenters. The van der Waals surface area contributed by atoms with E-state index in [9.17, 15) is 0 Å². The van der Waals surface area contributed by atoms with Gasteiger partial charge >= 0.3 is 0 Å². The van der Waals surface area contributed by atoms with Crippen LogP contribution in [0.5, 0.6) is 11.5 Å². The second-order valence-corrected chi connectivity index (χ2v) is 8.38. The van der Waals surface area contributed by atoms with Crippen molar-refractivity contribution in [3.63, 3.8) is 0 Å². The Morgan fingerprint density at radius 2 is 2.00 bits per heavy atom. The van der Waals surface area contributed by atoms with Gasteiger partial charge in [-0.3, -0.25) is 4.90 Å². The standard InChI is InChI=1S/C24H29N3O2/c1-17(29-18-6-4-3-5-7-18)15-27-13-11-24(16-27)23-20(10-12-25-24)21-14-19(28-2)8-9-22(21)26-23/h3-9,14,17,25-26H,10-13,15-16H2,1-2H3. The average Bonchev–Trinajstić information content (AvgIpc) is 3.31. The maximum atomic E-state index is 6.11. The molecular formula is C24H29N3O2. The molecule has 5 heteroatoms. The van der Waals surface area contributed by atoms with E-state index in [1.165, 1.54) is 22.2 Å². The fourth-order valence-corrected chi connectivity index (χ4v) is 5.06. The van der Waals surface area contributed by atoms with Crippen molar-refractivity contribution in [2.24, 2.45) is 0 Å². The maximum absolute atomic E-state index is 6.11. The van der Waals surface area contributed by atoms with Gasteiger partial charge in [0.15, 0.2) is 0 Å². The number of methoxy groups -OCH3 is 1. The minimum atomic E-state index is 0.00626. The van der Waals surface area contributed by atoms with Crippen molar-refractivity contribution in [2.45, 2.75) is 31.4 Å². The predicted molar refractivity (Wildman–Crippen MR) is 116 cm³/mol. The molecule has 1 fully saturated rings.